The molecule has 52 heavy (non-hydrogen) atoms. The number of hydrogen-bond donors (Lipinski definition) is 3. The summed E-state index contributed by atoms with van der Waals surface area (Å²) in [5.74, 6) is -1.28. The highest BCUT2D eigenvalue weighted by Gasteiger charge is 2.42. The van der Waals surface area contributed by atoms with Crippen LogP contribution in [-0.4, -0.2) is 110 Å². The Morgan fingerprint density at radius 3 is 2.21 bits per heavy atom. The SMILES string of the molecule is CC(C)(C)OC(=O)C(F)(F)F.CN1Cc2c(Cl)cc(Cl)cc2[C@H](c2cccc(-c3cc(NCCOCCOCCOCCNC(=O)O)ncn3)c2)C1. The van der Waals surface area contributed by atoms with E-state index in [9.17, 15) is 22.8 Å². The molecule has 1 aromatic heterocycles. The molecule has 3 N–H and O–H groups in total. The van der Waals surface area contributed by atoms with Crippen LogP contribution in [0, 0.1) is 0 Å². The summed E-state index contributed by atoms with van der Waals surface area (Å²) in [5, 5.41) is 15.3. The molecular formula is C35H44Cl2F3N5O7. The van der Waals surface area contributed by atoms with Gasteiger partial charge < -0.3 is 39.6 Å². The van der Waals surface area contributed by atoms with Crippen LogP contribution in [0.25, 0.3) is 11.3 Å². The van der Waals surface area contributed by atoms with Crippen LogP contribution in [0.1, 0.15) is 43.4 Å². The van der Waals surface area contributed by atoms with E-state index in [2.05, 4.69) is 61.6 Å². The molecule has 1 aliphatic rings. The van der Waals surface area contributed by atoms with E-state index in [1.54, 1.807) is 6.33 Å². The molecule has 0 saturated carbocycles. The van der Waals surface area contributed by atoms with Crippen molar-refractivity contribution in [1.29, 1.82) is 0 Å². The molecule has 1 amide bonds. The summed E-state index contributed by atoms with van der Waals surface area (Å²) < 4.78 is 54.9. The van der Waals surface area contributed by atoms with Crippen molar-refractivity contribution in [3.8, 4) is 11.3 Å². The topological polar surface area (TPSA) is 144 Å². The lowest BCUT2D eigenvalue weighted by Crippen LogP contribution is -2.33. The maximum atomic E-state index is 11.5. The number of fused-ring (bicyclic) bond motifs is 1. The highest BCUT2D eigenvalue weighted by molar-refractivity contribution is 6.35. The monoisotopic (exact) mass is 773 g/mol. The molecule has 0 fully saturated rings. The fourth-order valence-corrected chi connectivity index (χ4v) is 5.59. The summed E-state index contributed by atoms with van der Waals surface area (Å²) in [6.07, 6.45) is -4.40. The number of esters is 1. The highest BCUT2D eigenvalue weighted by Crippen LogP contribution is 2.39. The van der Waals surface area contributed by atoms with E-state index in [1.165, 1.54) is 31.9 Å². The zero-order valence-electron chi connectivity index (χ0n) is 29.4. The van der Waals surface area contributed by atoms with Crippen LogP contribution >= 0.6 is 23.2 Å². The molecule has 0 radical (unpaired) electrons. The van der Waals surface area contributed by atoms with Crippen LogP contribution in [0.5, 0.6) is 0 Å². The molecule has 2 aromatic carbocycles. The van der Waals surface area contributed by atoms with Crippen molar-refractivity contribution >= 4 is 41.1 Å². The zero-order chi connectivity index (χ0) is 38.3. The molecule has 3 aromatic rings. The molecule has 17 heteroatoms. The largest absolute Gasteiger partial charge is 0.490 e. The van der Waals surface area contributed by atoms with Crippen LogP contribution in [0.4, 0.5) is 23.8 Å². The third-order valence-corrected chi connectivity index (χ3v) is 7.75. The van der Waals surface area contributed by atoms with E-state index in [4.69, 9.17) is 42.5 Å². The number of hydrogen-bond acceptors (Lipinski definition) is 10. The molecule has 0 unspecified atom stereocenters. The van der Waals surface area contributed by atoms with Crippen molar-refractivity contribution < 1.29 is 46.8 Å². The second-order valence-corrected chi connectivity index (χ2v) is 13.5. The molecule has 286 valence electrons. The lowest BCUT2D eigenvalue weighted by atomic mass is 9.84. The molecule has 2 heterocycles. The van der Waals surface area contributed by atoms with Crippen LogP contribution in [0.3, 0.4) is 0 Å². The summed E-state index contributed by atoms with van der Waals surface area (Å²) in [4.78, 5) is 31.6. The summed E-state index contributed by atoms with van der Waals surface area (Å²) in [5.41, 5.74) is 4.22. The average molecular weight is 775 g/mol. The Morgan fingerprint density at radius 1 is 0.942 bits per heavy atom. The number of alkyl halides is 3. The van der Waals surface area contributed by atoms with Gasteiger partial charge in [-0.25, -0.2) is 19.6 Å². The Balaban J connectivity index is 0.000000573. The van der Waals surface area contributed by atoms with Crippen LogP contribution in [0.15, 0.2) is 48.8 Å². The van der Waals surface area contributed by atoms with Gasteiger partial charge >= 0.3 is 18.2 Å². The lowest BCUT2D eigenvalue weighted by molar-refractivity contribution is -0.210. The normalized spacial score (nSPS) is 14.5. The number of aromatic nitrogens is 2. The number of halogens is 5. The van der Waals surface area contributed by atoms with Crippen molar-refractivity contribution in [2.45, 2.75) is 45.0 Å². The Morgan fingerprint density at radius 2 is 1.60 bits per heavy atom. The minimum absolute atomic E-state index is 0.147. The molecule has 0 spiro atoms. The molecule has 0 saturated heterocycles. The Labute approximate surface area is 310 Å². The van der Waals surface area contributed by atoms with Crippen molar-refractivity contribution in [3.63, 3.8) is 0 Å². The van der Waals surface area contributed by atoms with Gasteiger partial charge in [0.25, 0.3) is 0 Å². The third-order valence-electron chi connectivity index (χ3n) is 7.19. The minimum Gasteiger partial charge on any atom is -0.465 e. The average Bonchev–Trinajstić information content (AvgIpc) is 3.06. The summed E-state index contributed by atoms with van der Waals surface area (Å²) in [7, 11) is 2.10. The van der Waals surface area contributed by atoms with Gasteiger partial charge in [0.2, 0.25) is 0 Å². The predicted molar refractivity (Wildman–Crippen MR) is 191 cm³/mol. The number of carbonyl (C=O) groups excluding carboxylic acids is 1. The molecule has 0 aliphatic carbocycles. The van der Waals surface area contributed by atoms with Gasteiger partial charge in [0.05, 0.1) is 45.3 Å². The van der Waals surface area contributed by atoms with Gasteiger partial charge in [-0.15, -0.1) is 0 Å². The van der Waals surface area contributed by atoms with E-state index < -0.39 is 23.8 Å². The maximum absolute atomic E-state index is 11.5. The van der Waals surface area contributed by atoms with Gasteiger partial charge in [-0.1, -0.05) is 41.4 Å². The number of carbonyl (C=O) groups is 2. The fraction of sp³-hybridized carbons (Fsp3) is 0.486. The molecule has 4 rings (SSSR count). The summed E-state index contributed by atoms with van der Waals surface area (Å²) in [6.45, 7) is 9.15. The number of benzene rings is 2. The van der Waals surface area contributed by atoms with Gasteiger partial charge in [-0.2, -0.15) is 13.2 Å². The molecule has 1 aliphatic heterocycles. The van der Waals surface area contributed by atoms with E-state index in [0.29, 0.717) is 56.2 Å². The Kier molecular flexibility index (Phi) is 16.8. The Hall–Kier alpha value is -3.73. The van der Waals surface area contributed by atoms with Gasteiger partial charge in [0.1, 0.15) is 17.7 Å². The first-order chi connectivity index (χ1) is 24.5. The Bertz CT molecular complexity index is 1610. The third kappa shape index (κ3) is 15.1. The summed E-state index contributed by atoms with van der Waals surface area (Å²) in [6, 6.07) is 14.2. The number of nitrogens with zero attached hydrogens (tertiary/aromatic N) is 3. The van der Waals surface area contributed by atoms with E-state index in [1.807, 2.05) is 18.2 Å². The number of nitrogens with one attached hydrogen (secondary N) is 2. The molecule has 0 bridgehead atoms. The van der Waals surface area contributed by atoms with Gasteiger partial charge in [0.15, 0.2) is 0 Å². The van der Waals surface area contributed by atoms with Crippen LogP contribution in [-0.2, 0) is 30.3 Å². The first-order valence-electron chi connectivity index (χ1n) is 16.4. The minimum atomic E-state index is -4.90. The van der Waals surface area contributed by atoms with Crippen molar-refractivity contribution in [1.82, 2.24) is 20.2 Å². The van der Waals surface area contributed by atoms with Crippen molar-refractivity contribution in [2.75, 3.05) is 71.6 Å². The first kappa shape index (κ1) is 42.7. The van der Waals surface area contributed by atoms with Crippen LogP contribution in [0.2, 0.25) is 10.0 Å². The highest BCUT2D eigenvalue weighted by atomic mass is 35.5. The molecular weight excluding hydrogens is 730 g/mol. The number of anilines is 1. The second-order valence-electron chi connectivity index (χ2n) is 12.6. The van der Waals surface area contributed by atoms with Crippen molar-refractivity contribution in [2.24, 2.45) is 0 Å². The number of likely N-dealkylation sites (N-methyl/N-ethyl adjacent to an activating group) is 1. The number of carboxylic acid groups (broad SMARTS) is 1. The predicted octanol–water partition coefficient (Wildman–Crippen LogP) is 6.65. The summed E-state index contributed by atoms with van der Waals surface area (Å²) >= 11 is 12.9. The van der Waals surface area contributed by atoms with Crippen molar-refractivity contribution in [3.05, 3.63) is 75.5 Å². The lowest BCUT2D eigenvalue weighted by Gasteiger charge is -2.33. The number of amides is 1. The fourth-order valence-electron chi connectivity index (χ4n) is 5.02. The molecule has 1 atom stereocenters. The second kappa shape index (κ2) is 20.5. The van der Waals surface area contributed by atoms with E-state index in [0.717, 1.165) is 35.7 Å². The van der Waals surface area contributed by atoms with E-state index in [-0.39, 0.29) is 12.5 Å². The maximum Gasteiger partial charge on any atom is 0.490 e. The van der Waals surface area contributed by atoms with Gasteiger partial charge in [-0.05, 0) is 62.7 Å². The van der Waals surface area contributed by atoms with Gasteiger partial charge in [-0.3, -0.25) is 0 Å². The number of ether oxygens (including phenoxy) is 4. The van der Waals surface area contributed by atoms with Gasteiger partial charge in [0, 0.05) is 53.8 Å². The molecule has 12 nitrogen and oxygen atoms in total. The zero-order valence-corrected chi connectivity index (χ0v) is 30.9. The van der Waals surface area contributed by atoms with Crippen LogP contribution < -0.4 is 10.6 Å². The number of rotatable bonds is 15. The van der Waals surface area contributed by atoms with E-state index >= 15 is 0 Å². The first-order valence-corrected chi connectivity index (χ1v) is 17.1. The standard InChI is InChI=1S/C29H35Cl2N5O5.C6H9F3O2/c1-36-17-24(23-14-22(30)15-26(31)25(23)18-36)20-3-2-4-21(13-20)27-16-28(35-19-34-27)32-5-7-39-9-11-41-12-10-40-8-6-33-29(37)38;1-5(2,3)11-4(10)6(7,8)9/h2-4,13-16,19,24,33H,5-12,17-18H2,1H3,(H,37,38)(H,32,34,35);1-3H3/t24-;/m0./s1. The quantitative estimate of drug-likeness (QED) is 0.113. The smallest absolute Gasteiger partial charge is 0.465 e.